The van der Waals surface area contributed by atoms with Crippen molar-refractivity contribution in [3.8, 4) is 0 Å². The molecule has 0 aliphatic heterocycles. The van der Waals surface area contributed by atoms with Crippen molar-refractivity contribution in [3.05, 3.63) is 62.3 Å². The number of nitrogens with zero attached hydrogens (tertiary/aromatic N) is 1. The van der Waals surface area contributed by atoms with E-state index in [2.05, 4.69) is 11.4 Å². The van der Waals surface area contributed by atoms with E-state index < -0.39 is 11.0 Å². The number of hydrogen-bond acceptors (Lipinski definition) is 5. The molecule has 1 heterocycles. The number of aryl methyl sites for hydroxylation is 1. The number of nitrogens with one attached hydrogen (secondary N) is 1. The fourth-order valence-electron chi connectivity index (χ4n) is 1.82. The van der Waals surface area contributed by atoms with Gasteiger partial charge < -0.3 is 10.1 Å². The molecule has 0 fully saturated rings. The SMILES string of the molecule is O=C(NCCCc1cccs1)OCc1ccc([N+](=O)[O-])cc1. The summed E-state index contributed by atoms with van der Waals surface area (Å²) in [7, 11) is 0. The molecule has 1 amide bonds. The Balaban J connectivity index is 1.63. The summed E-state index contributed by atoms with van der Waals surface area (Å²) in [5.41, 5.74) is 0.723. The number of rotatable bonds is 7. The van der Waals surface area contributed by atoms with E-state index in [9.17, 15) is 14.9 Å². The van der Waals surface area contributed by atoms with Crippen LogP contribution in [0.2, 0.25) is 0 Å². The largest absolute Gasteiger partial charge is 0.445 e. The molecule has 1 aromatic carbocycles. The molecule has 0 saturated carbocycles. The lowest BCUT2D eigenvalue weighted by Crippen LogP contribution is -2.25. The first-order valence-corrected chi connectivity index (χ1v) is 7.69. The Morgan fingerprint density at radius 1 is 1.27 bits per heavy atom. The van der Waals surface area contributed by atoms with Crippen LogP contribution in [-0.2, 0) is 17.8 Å². The summed E-state index contributed by atoms with van der Waals surface area (Å²) < 4.78 is 5.05. The van der Waals surface area contributed by atoms with Crippen molar-refractivity contribution in [2.45, 2.75) is 19.4 Å². The number of hydrogen-bond donors (Lipinski definition) is 1. The summed E-state index contributed by atoms with van der Waals surface area (Å²) in [6.45, 7) is 0.645. The van der Waals surface area contributed by atoms with Crippen LogP contribution >= 0.6 is 11.3 Å². The number of ether oxygens (including phenoxy) is 1. The number of non-ortho nitro benzene ring substituents is 1. The van der Waals surface area contributed by atoms with Crippen molar-refractivity contribution in [2.75, 3.05) is 6.54 Å². The number of nitro benzene ring substituents is 1. The van der Waals surface area contributed by atoms with E-state index in [0.717, 1.165) is 12.8 Å². The molecule has 0 saturated heterocycles. The molecule has 0 atom stereocenters. The summed E-state index contributed by atoms with van der Waals surface area (Å²) in [5.74, 6) is 0. The Kier molecular flexibility index (Phi) is 5.91. The number of carbonyl (C=O) groups is 1. The zero-order valence-corrected chi connectivity index (χ0v) is 12.7. The average Bonchev–Trinajstić information content (AvgIpc) is 3.03. The molecular formula is C15H16N2O4S. The lowest BCUT2D eigenvalue weighted by molar-refractivity contribution is -0.384. The number of amides is 1. The average molecular weight is 320 g/mol. The van der Waals surface area contributed by atoms with Crippen LogP contribution in [0.4, 0.5) is 10.5 Å². The Labute approximate surface area is 131 Å². The van der Waals surface area contributed by atoms with Gasteiger partial charge in [-0.15, -0.1) is 11.3 Å². The molecule has 1 N–H and O–H groups in total. The Morgan fingerprint density at radius 2 is 2.05 bits per heavy atom. The highest BCUT2D eigenvalue weighted by atomic mass is 32.1. The fourth-order valence-corrected chi connectivity index (χ4v) is 2.57. The summed E-state index contributed by atoms with van der Waals surface area (Å²) in [6, 6.07) is 9.99. The highest BCUT2D eigenvalue weighted by Crippen LogP contribution is 2.12. The number of thiophene rings is 1. The molecule has 1 aromatic heterocycles. The fraction of sp³-hybridized carbons (Fsp3) is 0.267. The molecule has 0 radical (unpaired) electrons. The lowest BCUT2D eigenvalue weighted by Gasteiger charge is -2.06. The van der Waals surface area contributed by atoms with Crippen LogP contribution in [0.25, 0.3) is 0 Å². The first-order valence-electron chi connectivity index (χ1n) is 6.81. The number of carbonyl (C=O) groups excluding carboxylic acids is 1. The van der Waals surface area contributed by atoms with Crippen LogP contribution in [0.3, 0.4) is 0 Å². The number of alkyl carbamates (subject to hydrolysis) is 1. The van der Waals surface area contributed by atoms with Gasteiger partial charge in [-0.3, -0.25) is 10.1 Å². The second kappa shape index (κ2) is 8.14. The topological polar surface area (TPSA) is 81.5 Å². The number of nitro groups is 1. The number of benzene rings is 1. The zero-order chi connectivity index (χ0) is 15.8. The molecule has 2 rings (SSSR count). The molecule has 116 valence electrons. The summed E-state index contributed by atoms with van der Waals surface area (Å²) in [6.07, 6.45) is 1.30. The molecule has 2 aromatic rings. The highest BCUT2D eigenvalue weighted by Gasteiger charge is 2.06. The predicted molar refractivity (Wildman–Crippen MR) is 83.9 cm³/mol. The molecule has 6 nitrogen and oxygen atoms in total. The minimum Gasteiger partial charge on any atom is -0.445 e. The Hall–Kier alpha value is -2.41. The molecule has 0 bridgehead atoms. The van der Waals surface area contributed by atoms with E-state index in [4.69, 9.17) is 4.74 Å². The molecular weight excluding hydrogens is 304 g/mol. The third-order valence-corrected chi connectivity index (χ3v) is 3.90. The molecule has 0 spiro atoms. The Bertz CT molecular complexity index is 611. The van der Waals surface area contributed by atoms with Crippen LogP contribution in [0, 0.1) is 10.1 Å². The molecule has 0 unspecified atom stereocenters. The molecule has 7 heteroatoms. The normalized spacial score (nSPS) is 10.2. The molecule has 22 heavy (non-hydrogen) atoms. The third kappa shape index (κ3) is 5.17. The van der Waals surface area contributed by atoms with Gasteiger partial charge in [0.25, 0.3) is 5.69 Å². The van der Waals surface area contributed by atoms with E-state index in [-0.39, 0.29) is 12.3 Å². The summed E-state index contributed by atoms with van der Waals surface area (Å²) in [4.78, 5) is 22.9. The predicted octanol–water partition coefficient (Wildman–Crippen LogP) is 3.52. The van der Waals surface area contributed by atoms with Crippen LogP contribution in [0.15, 0.2) is 41.8 Å². The van der Waals surface area contributed by atoms with Gasteiger partial charge in [-0.2, -0.15) is 0 Å². The van der Waals surface area contributed by atoms with Gasteiger partial charge in [0.2, 0.25) is 0 Å². The Morgan fingerprint density at radius 3 is 2.68 bits per heavy atom. The van der Waals surface area contributed by atoms with Gasteiger partial charge in [0.05, 0.1) is 4.92 Å². The van der Waals surface area contributed by atoms with E-state index in [1.54, 1.807) is 23.5 Å². The zero-order valence-electron chi connectivity index (χ0n) is 11.9. The maximum Gasteiger partial charge on any atom is 0.407 e. The smallest absolute Gasteiger partial charge is 0.407 e. The first-order chi connectivity index (χ1) is 10.6. The van der Waals surface area contributed by atoms with Crippen LogP contribution in [0.5, 0.6) is 0 Å². The second-order valence-electron chi connectivity index (χ2n) is 4.61. The minimum atomic E-state index is -0.482. The van der Waals surface area contributed by atoms with Gasteiger partial charge >= 0.3 is 6.09 Å². The van der Waals surface area contributed by atoms with Crippen molar-refractivity contribution < 1.29 is 14.5 Å². The van der Waals surface area contributed by atoms with E-state index in [1.165, 1.54) is 17.0 Å². The summed E-state index contributed by atoms with van der Waals surface area (Å²) in [5, 5.41) is 15.2. The van der Waals surface area contributed by atoms with Crippen molar-refractivity contribution >= 4 is 23.1 Å². The summed E-state index contributed by atoms with van der Waals surface area (Å²) >= 11 is 1.70. The van der Waals surface area contributed by atoms with Gasteiger partial charge in [0, 0.05) is 23.6 Å². The van der Waals surface area contributed by atoms with Crippen LogP contribution in [0.1, 0.15) is 16.9 Å². The maximum absolute atomic E-state index is 11.5. The van der Waals surface area contributed by atoms with Gasteiger partial charge in [0.1, 0.15) is 6.61 Å². The van der Waals surface area contributed by atoms with Crippen molar-refractivity contribution in [1.82, 2.24) is 5.32 Å². The minimum absolute atomic E-state index is 0.0155. The van der Waals surface area contributed by atoms with E-state index in [0.29, 0.717) is 12.1 Å². The van der Waals surface area contributed by atoms with Gasteiger partial charge in [-0.25, -0.2) is 4.79 Å². The highest BCUT2D eigenvalue weighted by molar-refractivity contribution is 7.09. The monoisotopic (exact) mass is 320 g/mol. The van der Waals surface area contributed by atoms with Gasteiger partial charge in [0.15, 0.2) is 0 Å². The second-order valence-corrected chi connectivity index (χ2v) is 5.64. The first kappa shape index (κ1) is 16.0. The molecule has 0 aliphatic carbocycles. The molecule has 0 aliphatic rings. The maximum atomic E-state index is 11.5. The van der Waals surface area contributed by atoms with Crippen molar-refractivity contribution in [1.29, 1.82) is 0 Å². The van der Waals surface area contributed by atoms with Crippen LogP contribution < -0.4 is 5.32 Å². The van der Waals surface area contributed by atoms with Gasteiger partial charge in [-0.05, 0) is 42.0 Å². The van der Waals surface area contributed by atoms with Gasteiger partial charge in [-0.1, -0.05) is 6.07 Å². The van der Waals surface area contributed by atoms with E-state index in [1.807, 2.05) is 11.4 Å². The van der Waals surface area contributed by atoms with Crippen molar-refractivity contribution in [2.24, 2.45) is 0 Å². The van der Waals surface area contributed by atoms with Crippen LogP contribution in [-0.4, -0.2) is 17.6 Å². The van der Waals surface area contributed by atoms with E-state index >= 15 is 0 Å². The standard InChI is InChI=1S/C15H16N2O4S/c18-15(16-9-1-3-14-4-2-10-22-14)21-11-12-5-7-13(8-6-12)17(19)20/h2,4-8,10H,1,3,9,11H2,(H,16,18). The lowest BCUT2D eigenvalue weighted by atomic mass is 10.2. The quantitative estimate of drug-likeness (QED) is 0.481. The third-order valence-electron chi connectivity index (χ3n) is 2.97. The van der Waals surface area contributed by atoms with Crippen molar-refractivity contribution in [3.63, 3.8) is 0 Å².